The van der Waals surface area contributed by atoms with Crippen molar-refractivity contribution >= 4 is 57.2 Å². The van der Waals surface area contributed by atoms with E-state index in [2.05, 4.69) is 10.3 Å². The number of hydrogen-bond acceptors (Lipinski definition) is 3. The Hall–Kier alpha value is -0.810. The summed E-state index contributed by atoms with van der Waals surface area (Å²) in [6.45, 7) is 2.01. The van der Waals surface area contributed by atoms with Crippen LogP contribution in [0.3, 0.4) is 0 Å². The van der Waals surface area contributed by atoms with E-state index in [1.165, 1.54) is 16.9 Å². The molecule has 100 valence electrons. The third kappa shape index (κ3) is 3.83. The van der Waals surface area contributed by atoms with Crippen molar-refractivity contribution in [3.05, 3.63) is 35.2 Å². The second-order valence-electron chi connectivity index (χ2n) is 3.86. The van der Waals surface area contributed by atoms with Crippen LogP contribution < -0.4 is 5.32 Å². The van der Waals surface area contributed by atoms with Gasteiger partial charge in [0, 0.05) is 10.9 Å². The van der Waals surface area contributed by atoms with Gasteiger partial charge in [0.1, 0.15) is 0 Å². The lowest BCUT2D eigenvalue weighted by molar-refractivity contribution is -0.115. The number of aromatic nitrogens is 1. The Morgan fingerprint density at radius 1 is 1.26 bits per heavy atom. The Morgan fingerprint density at radius 3 is 2.47 bits per heavy atom. The van der Waals surface area contributed by atoms with Gasteiger partial charge < -0.3 is 0 Å². The fraction of sp³-hybridized carbons (Fsp3) is 0.167. The molecule has 7 heteroatoms. The number of carbonyl (C=O) groups is 1. The summed E-state index contributed by atoms with van der Waals surface area (Å²) in [6, 6.07) is 7.92. The van der Waals surface area contributed by atoms with E-state index in [1.807, 2.05) is 36.6 Å². The number of benzene rings is 1. The average molecular weight is 336 g/mol. The Bertz CT molecular complexity index is 590. The molecule has 1 amide bonds. The van der Waals surface area contributed by atoms with E-state index < -0.39 is 9.70 Å². The van der Waals surface area contributed by atoms with Gasteiger partial charge in [0.15, 0.2) is 5.13 Å². The first-order valence-corrected chi connectivity index (χ1v) is 7.28. The van der Waals surface area contributed by atoms with Crippen molar-refractivity contribution in [2.24, 2.45) is 0 Å². The van der Waals surface area contributed by atoms with Crippen molar-refractivity contribution in [1.29, 1.82) is 0 Å². The van der Waals surface area contributed by atoms with Crippen LogP contribution in [-0.4, -0.2) is 14.7 Å². The van der Waals surface area contributed by atoms with Gasteiger partial charge in [-0.15, -0.1) is 11.3 Å². The molecule has 0 aliphatic heterocycles. The van der Waals surface area contributed by atoms with E-state index in [1.54, 1.807) is 0 Å². The zero-order valence-corrected chi connectivity index (χ0v) is 12.9. The van der Waals surface area contributed by atoms with Gasteiger partial charge >= 0.3 is 0 Å². The van der Waals surface area contributed by atoms with Gasteiger partial charge in [-0.2, -0.15) is 0 Å². The maximum atomic E-state index is 11.5. The quantitative estimate of drug-likeness (QED) is 0.825. The second-order valence-corrected chi connectivity index (χ2v) is 7.00. The van der Waals surface area contributed by atoms with Crippen LogP contribution in [0.25, 0.3) is 11.3 Å². The maximum Gasteiger partial charge on any atom is 0.278 e. The fourth-order valence-electron chi connectivity index (χ4n) is 1.36. The predicted octanol–water partition coefficient (Wildman–Crippen LogP) is 4.43. The highest BCUT2D eigenvalue weighted by Crippen LogP contribution is 2.30. The molecule has 0 radical (unpaired) electrons. The molecule has 0 atom stereocenters. The molecule has 1 aromatic carbocycles. The zero-order chi connectivity index (χ0) is 14.0. The number of amides is 1. The van der Waals surface area contributed by atoms with Crippen LogP contribution >= 0.6 is 46.1 Å². The minimum absolute atomic E-state index is 0.395. The van der Waals surface area contributed by atoms with E-state index in [0.717, 1.165) is 11.3 Å². The van der Waals surface area contributed by atoms with Gasteiger partial charge in [-0.3, -0.25) is 10.1 Å². The number of carbonyl (C=O) groups excluding carboxylic acids is 1. The maximum absolute atomic E-state index is 11.5. The highest BCUT2D eigenvalue weighted by Gasteiger charge is 2.31. The molecule has 1 heterocycles. The highest BCUT2D eigenvalue weighted by atomic mass is 35.6. The third-order valence-electron chi connectivity index (χ3n) is 2.33. The molecule has 2 rings (SSSR count). The van der Waals surface area contributed by atoms with Crippen molar-refractivity contribution in [2.45, 2.75) is 10.7 Å². The Balaban J connectivity index is 2.16. The van der Waals surface area contributed by atoms with Crippen LogP contribution in [0.5, 0.6) is 0 Å². The summed E-state index contributed by atoms with van der Waals surface area (Å²) < 4.78 is -1.99. The Labute approximate surface area is 129 Å². The number of thiazole rings is 1. The molecule has 19 heavy (non-hydrogen) atoms. The van der Waals surface area contributed by atoms with Gasteiger partial charge in [-0.05, 0) is 6.92 Å². The predicted molar refractivity (Wildman–Crippen MR) is 81.2 cm³/mol. The summed E-state index contributed by atoms with van der Waals surface area (Å²) in [4.78, 5) is 15.8. The molecule has 1 N–H and O–H groups in total. The summed E-state index contributed by atoms with van der Waals surface area (Å²) >= 11 is 17.7. The molecule has 0 saturated heterocycles. The SMILES string of the molecule is Cc1ccc(-c2csc(NC(=O)C(Cl)(Cl)Cl)n2)cc1. The standard InChI is InChI=1S/C12H9Cl3N2OS/c1-7-2-4-8(5-3-7)9-6-19-11(16-9)17-10(18)12(13,14)15/h2-6H,1H3,(H,16,17,18). The van der Waals surface area contributed by atoms with Crippen LogP contribution in [0.15, 0.2) is 29.6 Å². The number of anilines is 1. The molecular weight excluding hydrogens is 327 g/mol. The smallest absolute Gasteiger partial charge is 0.278 e. The number of hydrogen-bond donors (Lipinski definition) is 1. The van der Waals surface area contributed by atoms with E-state index in [9.17, 15) is 4.79 Å². The summed E-state index contributed by atoms with van der Waals surface area (Å²) in [7, 11) is 0. The monoisotopic (exact) mass is 334 g/mol. The number of nitrogens with zero attached hydrogens (tertiary/aromatic N) is 1. The number of rotatable bonds is 2. The molecule has 3 nitrogen and oxygen atoms in total. The number of nitrogens with one attached hydrogen (secondary N) is 1. The Kier molecular flexibility index (Phi) is 4.36. The topological polar surface area (TPSA) is 42.0 Å². The first-order valence-electron chi connectivity index (χ1n) is 5.27. The molecule has 0 unspecified atom stereocenters. The van der Waals surface area contributed by atoms with Gasteiger partial charge in [-0.1, -0.05) is 64.6 Å². The van der Waals surface area contributed by atoms with Gasteiger partial charge in [0.25, 0.3) is 9.70 Å². The van der Waals surface area contributed by atoms with Crippen molar-refractivity contribution in [1.82, 2.24) is 4.98 Å². The molecule has 0 fully saturated rings. The second kappa shape index (κ2) is 5.67. The molecule has 0 spiro atoms. The van der Waals surface area contributed by atoms with Crippen LogP contribution in [-0.2, 0) is 4.79 Å². The van der Waals surface area contributed by atoms with Crippen molar-refractivity contribution < 1.29 is 4.79 Å². The number of halogens is 3. The van der Waals surface area contributed by atoms with E-state index in [4.69, 9.17) is 34.8 Å². The molecule has 0 aliphatic rings. The molecule has 0 bridgehead atoms. The van der Waals surface area contributed by atoms with Crippen LogP contribution in [0.4, 0.5) is 5.13 Å². The zero-order valence-electron chi connectivity index (χ0n) is 9.78. The summed E-state index contributed by atoms with van der Waals surface area (Å²) in [5.74, 6) is -0.720. The fourth-order valence-corrected chi connectivity index (χ4v) is 2.21. The lowest BCUT2D eigenvalue weighted by Crippen LogP contribution is -2.26. The molecule has 1 aromatic heterocycles. The highest BCUT2D eigenvalue weighted by molar-refractivity contribution is 7.14. The summed E-state index contributed by atoms with van der Waals surface area (Å²) in [5.41, 5.74) is 2.91. The summed E-state index contributed by atoms with van der Waals surface area (Å²) in [5, 5.41) is 4.68. The van der Waals surface area contributed by atoms with Gasteiger partial charge in [-0.25, -0.2) is 4.98 Å². The van der Waals surface area contributed by atoms with Crippen molar-refractivity contribution in [3.63, 3.8) is 0 Å². The minimum atomic E-state index is -1.99. The normalized spacial score (nSPS) is 11.4. The molecule has 2 aromatic rings. The van der Waals surface area contributed by atoms with Crippen molar-refractivity contribution in [2.75, 3.05) is 5.32 Å². The van der Waals surface area contributed by atoms with E-state index in [0.29, 0.717) is 5.13 Å². The molecule has 0 saturated carbocycles. The third-order valence-corrected chi connectivity index (χ3v) is 3.60. The molecular formula is C12H9Cl3N2OS. The minimum Gasteiger partial charge on any atom is -0.298 e. The lowest BCUT2D eigenvalue weighted by atomic mass is 10.1. The van der Waals surface area contributed by atoms with Gasteiger partial charge in [0.05, 0.1) is 5.69 Å². The van der Waals surface area contributed by atoms with Crippen molar-refractivity contribution in [3.8, 4) is 11.3 Å². The Morgan fingerprint density at radius 2 is 1.89 bits per heavy atom. The first kappa shape index (κ1) is 14.6. The van der Waals surface area contributed by atoms with Crippen LogP contribution in [0.2, 0.25) is 0 Å². The number of alkyl halides is 3. The van der Waals surface area contributed by atoms with Crippen LogP contribution in [0.1, 0.15) is 5.56 Å². The largest absolute Gasteiger partial charge is 0.298 e. The van der Waals surface area contributed by atoms with Gasteiger partial charge in [0.2, 0.25) is 0 Å². The van der Waals surface area contributed by atoms with Crippen LogP contribution in [0, 0.1) is 6.92 Å². The lowest BCUT2D eigenvalue weighted by Gasteiger charge is -2.08. The van der Waals surface area contributed by atoms with E-state index in [-0.39, 0.29) is 0 Å². The van der Waals surface area contributed by atoms with E-state index >= 15 is 0 Å². The molecule has 0 aliphatic carbocycles. The summed E-state index contributed by atoms with van der Waals surface area (Å²) in [6.07, 6.45) is 0. The first-order chi connectivity index (χ1) is 8.86. The average Bonchev–Trinajstić information content (AvgIpc) is 2.77. The number of aryl methyl sites for hydroxylation is 1.